The maximum atomic E-state index is 12.2. The first-order chi connectivity index (χ1) is 10.2. The van der Waals surface area contributed by atoms with Crippen LogP contribution in [0.15, 0.2) is 36.7 Å². The van der Waals surface area contributed by atoms with Gasteiger partial charge in [-0.15, -0.1) is 0 Å². The minimum atomic E-state index is -0.353. The first kappa shape index (κ1) is 15.1. The lowest BCUT2D eigenvalue weighted by Gasteiger charge is -2.19. The van der Waals surface area contributed by atoms with Gasteiger partial charge in [0.15, 0.2) is 0 Å². The van der Waals surface area contributed by atoms with Crippen molar-refractivity contribution in [3.05, 3.63) is 36.7 Å². The van der Waals surface area contributed by atoms with Gasteiger partial charge in [0.25, 0.3) is 0 Å². The van der Waals surface area contributed by atoms with E-state index in [-0.39, 0.29) is 12.0 Å². The summed E-state index contributed by atoms with van der Waals surface area (Å²) in [5.41, 5.74) is 7.39. The van der Waals surface area contributed by atoms with Crippen molar-refractivity contribution < 1.29 is 9.53 Å². The summed E-state index contributed by atoms with van der Waals surface area (Å²) < 4.78 is 7.05. The Morgan fingerprint density at radius 2 is 2.24 bits per heavy atom. The Morgan fingerprint density at radius 1 is 1.43 bits per heavy atom. The Hall–Kier alpha value is -2.30. The molecule has 2 N–H and O–H groups in total. The highest BCUT2D eigenvalue weighted by molar-refractivity contribution is 5.75. The van der Waals surface area contributed by atoms with Crippen molar-refractivity contribution in [2.45, 2.75) is 32.7 Å². The molecule has 0 fully saturated rings. The van der Waals surface area contributed by atoms with Crippen LogP contribution in [0.4, 0.5) is 5.69 Å². The number of nitrogens with two attached hydrogens (primary N) is 1. The summed E-state index contributed by atoms with van der Waals surface area (Å²) in [5.74, 6) is 0.510. The monoisotopic (exact) mass is 287 g/mol. The van der Waals surface area contributed by atoms with Crippen molar-refractivity contribution in [1.82, 2.24) is 9.55 Å². The van der Waals surface area contributed by atoms with E-state index in [2.05, 4.69) is 4.98 Å². The molecule has 0 amide bonds. The van der Waals surface area contributed by atoms with Gasteiger partial charge in [-0.2, -0.15) is 0 Å². The van der Waals surface area contributed by atoms with Crippen LogP contribution in [0.25, 0.3) is 11.4 Å². The predicted octanol–water partition coefficient (Wildman–Crippen LogP) is 3.04. The van der Waals surface area contributed by atoms with E-state index in [1.807, 2.05) is 48.9 Å². The molecular weight excluding hydrogens is 266 g/mol. The predicted molar refractivity (Wildman–Crippen MR) is 82.7 cm³/mol. The van der Waals surface area contributed by atoms with Crippen LogP contribution in [0.3, 0.4) is 0 Å². The zero-order chi connectivity index (χ0) is 15.2. The van der Waals surface area contributed by atoms with Crippen LogP contribution in [0.5, 0.6) is 0 Å². The first-order valence-corrected chi connectivity index (χ1v) is 7.22. The van der Waals surface area contributed by atoms with Gasteiger partial charge in [-0.05, 0) is 25.5 Å². The lowest BCUT2D eigenvalue weighted by Crippen LogP contribution is -2.22. The van der Waals surface area contributed by atoms with Gasteiger partial charge < -0.3 is 15.0 Å². The molecule has 1 heterocycles. The Morgan fingerprint density at radius 3 is 2.90 bits per heavy atom. The fraction of sp³-hybridized carbons (Fsp3) is 0.375. The summed E-state index contributed by atoms with van der Waals surface area (Å²) >= 11 is 0. The molecule has 0 aliphatic rings. The number of benzene rings is 1. The van der Waals surface area contributed by atoms with Crippen molar-refractivity contribution in [2.75, 3.05) is 12.3 Å². The number of ether oxygens (including phenoxy) is 1. The maximum absolute atomic E-state index is 12.2. The zero-order valence-electron chi connectivity index (χ0n) is 12.5. The van der Waals surface area contributed by atoms with Gasteiger partial charge in [0.1, 0.15) is 11.9 Å². The molecule has 1 atom stereocenters. The lowest BCUT2D eigenvalue weighted by molar-refractivity contribution is -0.147. The van der Waals surface area contributed by atoms with Crippen molar-refractivity contribution in [1.29, 1.82) is 0 Å². The number of esters is 1. The van der Waals surface area contributed by atoms with Gasteiger partial charge in [0.05, 0.1) is 6.61 Å². The van der Waals surface area contributed by atoms with Crippen molar-refractivity contribution >= 4 is 11.7 Å². The molecule has 0 spiro atoms. The van der Waals surface area contributed by atoms with Crippen molar-refractivity contribution in [3.63, 3.8) is 0 Å². The third-order valence-electron chi connectivity index (χ3n) is 3.27. The molecule has 5 heteroatoms. The van der Waals surface area contributed by atoms with Gasteiger partial charge in [-0.3, -0.25) is 0 Å². The van der Waals surface area contributed by atoms with Crippen LogP contribution >= 0.6 is 0 Å². The van der Waals surface area contributed by atoms with Gasteiger partial charge in [0.2, 0.25) is 0 Å². The smallest absolute Gasteiger partial charge is 0.329 e. The molecule has 0 aliphatic carbocycles. The number of carbonyl (C=O) groups is 1. The fourth-order valence-electron chi connectivity index (χ4n) is 2.35. The molecular formula is C16H21N3O2. The summed E-state index contributed by atoms with van der Waals surface area (Å²) in [6.07, 6.45) is 5.11. The second kappa shape index (κ2) is 6.92. The summed E-state index contributed by atoms with van der Waals surface area (Å²) in [6, 6.07) is 7.14. The number of aromatic nitrogens is 2. The van der Waals surface area contributed by atoms with Crippen molar-refractivity contribution in [2.24, 2.45) is 0 Å². The van der Waals surface area contributed by atoms with Gasteiger partial charge >= 0.3 is 5.97 Å². The molecule has 112 valence electrons. The van der Waals surface area contributed by atoms with Crippen LogP contribution in [-0.4, -0.2) is 22.1 Å². The van der Waals surface area contributed by atoms with Crippen molar-refractivity contribution in [3.8, 4) is 11.4 Å². The molecule has 0 aliphatic heterocycles. The quantitative estimate of drug-likeness (QED) is 0.655. The number of anilines is 1. The Kier molecular flexibility index (Phi) is 4.98. The molecule has 1 aromatic heterocycles. The molecule has 1 aromatic carbocycles. The first-order valence-electron chi connectivity index (χ1n) is 7.22. The fourth-order valence-corrected chi connectivity index (χ4v) is 2.35. The molecule has 2 rings (SSSR count). The summed E-state index contributed by atoms with van der Waals surface area (Å²) in [4.78, 5) is 16.6. The number of rotatable bonds is 6. The molecule has 0 radical (unpaired) electrons. The standard InChI is InChI=1S/C16H21N3O2/c1-3-6-14(16(20)21-4-2)19-10-9-18-15(19)12-7-5-8-13(17)11-12/h5,7-11,14H,3-4,6,17H2,1-2H3. The van der Waals surface area contributed by atoms with E-state index in [0.717, 1.165) is 17.8 Å². The van der Waals surface area contributed by atoms with E-state index in [1.54, 1.807) is 6.20 Å². The molecule has 0 saturated carbocycles. The van der Waals surface area contributed by atoms with Gasteiger partial charge in [-0.25, -0.2) is 9.78 Å². The SMILES string of the molecule is CCCC(C(=O)OCC)n1ccnc1-c1cccc(N)c1. The molecule has 5 nitrogen and oxygen atoms in total. The van der Waals surface area contributed by atoms with E-state index in [0.29, 0.717) is 18.7 Å². The number of imidazole rings is 1. The van der Waals surface area contributed by atoms with E-state index in [1.165, 1.54) is 0 Å². The van der Waals surface area contributed by atoms with E-state index in [9.17, 15) is 4.79 Å². The number of carbonyl (C=O) groups excluding carboxylic acids is 1. The van der Waals surface area contributed by atoms with Crippen LogP contribution in [0.1, 0.15) is 32.7 Å². The summed E-state index contributed by atoms with van der Waals surface area (Å²) in [5, 5.41) is 0. The normalized spacial score (nSPS) is 12.1. The number of nitrogen functional groups attached to an aromatic ring is 1. The highest BCUT2D eigenvalue weighted by atomic mass is 16.5. The minimum Gasteiger partial charge on any atom is -0.464 e. The molecule has 0 saturated heterocycles. The average Bonchev–Trinajstić information content (AvgIpc) is 2.94. The summed E-state index contributed by atoms with van der Waals surface area (Å²) in [7, 11) is 0. The number of hydrogen-bond donors (Lipinski definition) is 1. The molecule has 21 heavy (non-hydrogen) atoms. The van der Waals surface area contributed by atoms with Crippen LogP contribution in [-0.2, 0) is 9.53 Å². The van der Waals surface area contributed by atoms with Crippen LogP contribution < -0.4 is 5.73 Å². The average molecular weight is 287 g/mol. The third-order valence-corrected chi connectivity index (χ3v) is 3.27. The van der Waals surface area contributed by atoms with Crippen LogP contribution in [0.2, 0.25) is 0 Å². The zero-order valence-corrected chi connectivity index (χ0v) is 12.5. The highest BCUT2D eigenvalue weighted by Crippen LogP contribution is 2.26. The second-order valence-electron chi connectivity index (χ2n) is 4.84. The number of nitrogens with zero attached hydrogens (tertiary/aromatic N) is 2. The Balaban J connectivity index is 2.39. The van der Waals surface area contributed by atoms with E-state index >= 15 is 0 Å². The van der Waals surface area contributed by atoms with E-state index in [4.69, 9.17) is 10.5 Å². The number of hydrogen-bond acceptors (Lipinski definition) is 4. The second-order valence-corrected chi connectivity index (χ2v) is 4.84. The molecule has 0 bridgehead atoms. The molecule has 2 aromatic rings. The van der Waals surface area contributed by atoms with Gasteiger partial charge in [0, 0.05) is 23.6 Å². The highest BCUT2D eigenvalue weighted by Gasteiger charge is 2.23. The minimum absolute atomic E-state index is 0.220. The maximum Gasteiger partial charge on any atom is 0.329 e. The lowest BCUT2D eigenvalue weighted by atomic mass is 10.1. The summed E-state index contributed by atoms with van der Waals surface area (Å²) in [6.45, 7) is 4.23. The Bertz CT molecular complexity index is 607. The van der Waals surface area contributed by atoms with Gasteiger partial charge in [-0.1, -0.05) is 25.5 Å². The topological polar surface area (TPSA) is 70.1 Å². The van der Waals surface area contributed by atoms with E-state index < -0.39 is 0 Å². The Labute approximate surface area is 124 Å². The van der Waals surface area contributed by atoms with Crippen LogP contribution in [0, 0.1) is 0 Å². The largest absolute Gasteiger partial charge is 0.464 e. The third kappa shape index (κ3) is 3.42. The molecule has 1 unspecified atom stereocenters.